The fourth-order valence-corrected chi connectivity index (χ4v) is 5.14. The van der Waals surface area contributed by atoms with Crippen LogP contribution in [0.5, 0.6) is 0 Å². The van der Waals surface area contributed by atoms with Gasteiger partial charge in [0.1, 0.15) is 5.00 Å². The summed E-state index contributed by atoms with van der Waals surface area (Å²) in [6.45, 7) is 3.84. The Balaban J connectivity index is 1.57. The molecule has 32 heavy (non-hydrogen) atoms. The van der Waals surface area contributed by atoms with Gasteiger partial charge in [0.2, 0.25) is 0 Å². The Labute approximate surface area is 190 Å². The molecule has 2 heterocycles. The Morgan fingerprint density at radius 2 is 1.72 bits per heavy atom. The van der Waals surface area contributed by atoms with E-state index < -0.39 is 5.97 Å². The van der Waals surface area contributed by atoms with Gasteiger partial charge in [0.05, 0.1) is 12.7 Å². The highest BCUT2D eigenvalue weighted by Gasteiger charge is 2.29. The summed E-state index contributed by atoms with van der Waals surface area (Å²) in [4.78, 5) is 40.3. The molecule has 3 aromatic rings. The van der Waals surface area contributed by atoms with Crippen LogP contribution in [-0.2, 0) is 24.2 Å². The number of anilines is 1. The average molecular weight is 449 g/mol. The lowest BCUT2D eigenvalue weighted by Crippen LogP contribution is -2.29. The highest BCUT2D eigenvalue weighted by molar-refractivity contribution is 7.17. The number of methoxy groups -OCH3 is 1. The zero-order valence-corrected chi connectivity index (χ0v) is 18.8. The number of fused-ring (bicyclic) bond motifs is 1. The van der Waals surface area contributed by atoms with Crippen LogP contribution in [0, 0.1) is 0 Å². The maximum absolute atomic E-state index is 12.8. The van der Waals surface area contributed by atoms with Crippen LogP contribution in [-0.4, -0.2) is 36.2 Å². The van der Waals surface area contributed by atoms with Crippen LogP contribution in [0.15, 0.2) is 54.6 Å². The van der Waals surface area contributed by atoms with Gasteiger partial charge in [-0.15, -0.1) is 11.3 Å². The summed E-state index contributed by atoms with van der Waals surface area (Å²) in [6, 6.07) is 16.7. The van der Waals surface area contributed by atoms with Crippen molar-refractivity contribution in [1.82, 2.24) is 4.90 Å². The number of ether oxygens (including phenoxy) is 1. The molecule has 0 aliphatic carbocycles. The summed E-state index contributed by atoms with van der Waals surface area (Å²) in [6.07, 6.45) is 0.715. The molecular weight excluding hydrogens is 424 g/mol. The van der Waals surface area contributed by atoms with Crippen molar-refractivity contribution in [2.24, 2.45) is 0 Å². The van der Waals surface area contributed by atoms with E-state index in [-0.39, 0.29) is 11.7 Å². The fourth-order valence-electron chi connectivity index (χ4n) is 3.87. The Kier molecular flexibility index (Phi) is 6.48. The van der Waals surface area contributed by atoms with Crippen LogP contribution in [0.2, 0.25) is 0 Å². The first-order chi connectivity index (χ1) is 15.5. The number of Topliss-reactive ketones (excluding diaryl/α,β-unsaturated/α-hetero) is 1. The summed E-state index contributed by atoms with van der Waals surface area (Å²) in [7, 11) is 1.35. The minimum atomic E-state index is -0.443. The van der Waals surface area contributed by atoms with E-state index in [0.29, 0.717) is 34.7 Å². The highest BCUT2D eigenvalue weighted by atomic mass is 32.1. The number of nitrogens with one attached hydrogen (secondary N) is 1. The third kappa shape index (κ3) is 4.64. The van der Waals surface area contributed by atoms with Gasteiger partial charge in [0.15, 0.2) is 5.78 Å². The van der Waals surface area contributed by atoms with Gasteiger partial charge >= 0.3 is 5.97 Å². The van der Waals surface area contributed by atoms with Crippen molar-refractivity contribution >= 4 is 34.0 Å². The Hall–Kier alpha value is -3.29. The van der Waals surface area contributed by atoms with Crippen molar-refractivity contribution in [2.45, 2.75) is 26.4 Å². The molecule has 0 radical (unpaired) electrons. The molecule has 1 aliphatic rings. The van der Waals surface area contributed by atoms with Crippen LogP contribution >= 0.6 is 11.3 Å². The van der Waals surface area contributed by atoms with Gasteiger partial charge in [-0.3, -0.25) is 14.5 Å². The van der Waals surface area contributed by atoms with Crippen LogP contribution in [0.3, 0.4) is 0 Å². The number of rotatable bonds is 6. The number of hydrogen-bond acceptors (Lipinski definition) is 6. The van der Waals surface area contributed by atoms with E-state index in [1.54, 1.807) is 24.3 Å². The zero-order chi connectivity index (χ0) is 22.7. The Morgan fingerprint density at radius 3 is 2.38 bits per heavy atom. The molecule has 4 rings (SSSR count). The van der Waals surface area contributed by atoms with Crippen molar-refractivity contribution in [1.29, 1.82) is 0 Å². The fraction of sp³-hybridized carbons (Fsp3) is 0.240. The molecule has 2 aromatic carbocycles. The Bertz CT molecular complexity index is 1150. The molecule has 6 nitrogen and oxygen atoms in total. The maximum Gasteiger partial charge on any atom is 0.341 e. The van der Waals surface area contributed by atoms with E-state index in [4.69, 9.17) is 4.74 Å². The van der Waals surface area contributed by atoms with Gasteiger partial charge < -0.3 is 10.1 Å². The molecule has 0 fully saturated rings. The first kappa shape index (κ1) is 21.9. The third-order valence-corrected chi connectivity index (χ3v) is 6.69. The first-order valence-electron chi connectivity index (χ1n) is 10.4. The van der Waals surface area contributed by atoms with Gasteiger partial charge in [-0.25, -0.2) is 4.79 Å². The number of esters is 1. The monoisotopic (exact) mass is 448 g/mol. The molecule has 1 N–H and O–H groups in total. The van der Waals surface area contributed by atoms with Crippen molar-refractivity contribution < 1.29 is 19.1 Å². The number of hydrogen-bond donors (Lipinski definition) is 1. The maximum atomic E-state index is 12.8. The second-order valence-corrected chi connectivity index (χ2v) is 8.84. The van der Waals surface area contributed by atoms with Gasteiger partial charge in [-0.05, 0) is 36.6 Å². The lowest BCUT2D eigenvalue weighted by atomic mass is 10.0. The SMILES string of the molecule is COC(=O)c1c(NC(=O)c2ccc(C(C)=O)cc2)sc2c1CCN(Cc1ccccc1)C2. The summed E-state index contributed by atoms with van der Waals surface area (Å²) >= 11 is 1.42. The van der Waals surface area contributed by atoms with Crippen molar-refractivity contribution in [3.63, 3.8) is 0 Å². The van der Waals surface area contributed by atoms with Crippen molar-refractivity contribution in [3.05, 3.63) is 87.3 Å². The smallest absolute Gasteiger partial charge is 0.341 e. The summed E-state index contributed by atoms with van der Waals surface area (Å²) in [5.41, 5.74) is 3.60. The average Bonchev–Trinajstić information content (AvgIpc) is 3.16. The lowest BCUT2D eigenvalue weighted by Gasteiger charge is -2.27. The summed E-state index contributed by atoms with van der Waals surface area (Å²) in [5, 5.41) is 3.39. The quantitative estimate of drug-likeness (QED) is 0.442. The van der Waals surface area contributed by atoms with E-state index in [2.05, 4.69) is 22.3 Å². The van der Waals surface area contributed by atoms with Crippen LogP contribution in [0.1, 0.15) is 54.0 Å². The second kappa shape index (κ2) is 9.46. The lowest BCUT2D eigenvalue weighted by molar-refractivity contribution is 0.0600. The van der Waals surface area contributed by atoms with Crippen molar-refractivity contribution in [3.8, 4) is 0 Å². The molecule has 0 spiro atoms. The molecule has 0 bridgehead atoms. The first-order valence-corrected chi connectivity index (χ1v) is 11.2. The number of nitrogens with zero attached hydrogens (tertiary/aromatic N) is 1. The molecule has 7 heteroatoms. The molecule has 1 aromatic heterocycles. The van der Waals surface area contributed by atoms with E-state index in [1.165, 1.54) is 30.9 Å². The van der Waals surface area contributed by atoms with Gasteiger partial charge in [-0.2, -0.15) is 0 Å². The van der Waals surface area contributed by atoms with E-state index in [0.717, 1.165) is 23.5 Å². The van der Waals surface area contributed by atoms with Gasteiger partial charge in [0.25, 0.3) is 5.91 Å². The molecule has 0 unspecified atom stereocenters. The number of carbonyl (C=O) groups excluding carboxylic acids is 3. The predicted octanol–water partition coefficient (Wildman–Crippen LogP) is 4.55. The van der Waals surface area contributed by atoms with E-state index in [1.807, 2.05) is 18.2 Å². The van der Waals surface area contributed by atoms with Crippen LogP contribution < -0.4 is 5.32 Å². The molecule has 1 amide bonds. The Morgan fingerprint density at radius 1 is 1.03 bits per heavy atom. The highest BCUT2D eigenvalue weighted by Crippen LogP contribution is 2.38. The van der Waals surface area contributed by atoms with E-state index in [9.17, 15) is 14.4 Å². The number of thiophene rings is 1. The molecule has 164 valence electrons. The predicted molar refractivity (Wildman–Crippen MR) is 124 cm³/mol. The number of amides is 1. The third-order valence-electron chi connectivity index (χ3n) is 5.56. The minimum absolute atomic E-state index is 0.0593. The van der Waals surface area contributed by atoms with Crippen LogP contribution in [0.4, 0.5) is 5.00 Å². The molecule has 0 atom stereocenters. The topological polar surface area (TPSA) is 75.7 Å². The van der Waals surface area contributed by atoms with Gasteiger partial charge in [-0.1, -0.05) is 42.5 Å². The zero-order valence-electron chi connectivity index (χ0n) is 18.0. The number of carbonyl (C=O) groups is 3. The van der Waals surface area contributed by atoms with Gasteiger partial charge in [0, 0.05) is 35.6 Å². The largest absolute Gasteiger partial charge is 0.465 e. The minimum Gasteiger partial charge on any atom is -0.465 e. The molecule has 0 saturated carbocycles. The standard InChI is InChI=1S/C25H24N2O4S/c1-16(28)18-8-10-19(11-9-18)23(29)26-24-22(25(30)31-2)20-12-13-27(15-21(20)32-24)14-17-6-4-3-5-7-17/h3-11H,12-15H2,1-2H3,(H,26,29). The molecule has 1 aliphatic heterocycles. The van der Waals surface area contributed by atoms with Crippen LogP contribution in [0.25, 0.3) is 0 Å². The summed E-state index contributed by atoms with van der Waals surface area (Å²) < 4.78 is 5.02. The molecule has 0 saturated heterocycles. The second-order valence-electron chi connectivity index (χ2n) is 7.73. The van der Waals surface area contributed by atoms with E-state index >= 15 is 0 Å². The normalized spacial score (nSPS) is 13.3. The summed E-state index contributed by atoms with van der Waals surface area (Å²) in [5.74, 6) is -0.831. The number of ketones is 1. The molecular formula is C25H24N2O4S. The number of benzene rings is 2. The van der Waals surface area contributed by atoms with Crippen molar-refractivity contribution in [2.75, 3.05) is 19.0 Å².